The van der Waals surface area contributed by atoms with Crippen LogP contribution >= 0.6 is 0 Å². The third-order valence-electron chi connectivity index (χ3n) is 2.47. The van der Waals surface area contributed by atoms with Crippen LogP contribution in [0.15, 0.2) is 24.3 Å². The maximum Gasteiger partial charge on any atom is 0.0761 e. The van der Waals surface area contributed by atoms with Crippen molar-refractivity contribution >= 4 is 0 Å². The maximum atomic E-state index is 9.27. The number of hydrogen-bond donors (Lipinski definition) is 1. The van der Waals surface area contributed by atoms with Crippen LogP contribution in [0.4, 0.5) is 0 Å². The van der Waals surface area contributed by atoms with Crippen LogP contribution in [0.3, 0.4) is 0 Å². The second kappa shape index (κ2) is 2.91. The maximum absolute atomic E-state index is 9.27. The standard InChI is InChI=1S/C11H14O/c1-8(12)9-2-4-10(5-3-9)11-6-7-11/h2-5,8,11-12H,6-7H2,1H3/t8-/m1/s1. The van der Waals surface area contributed by atoms with Crippen molar-refractivity contribution in [2.24, 2.45) is 0 Å². The summed E-state index contributed by atoms with van der Waals surface area (Å²) in [6, 6.07) is 8.33. The normalized spacial score (nSPS) is 19.2. The van der Waals surface area contributed by atoms with E-state index in [4.69, 9.17) is 0 Å². The Morgan fingerprint density at radius 1 is 1.25 bits per heavy atom. The molecule has 0 radical (unpaired) electrons. The van der Waals surface area contributed by atoms with Gasteiger partial charge in [0.15, 0.2) is 0 Å². The molecule has 12 heavy (non-hydrogen) atoms. The molecule has 0 saturated heterocycles. The van der Waals surface area contributed by atoms with Crippen molar-refractivity contribution in [3.63, 3.8) is 0 Å². The van der Waals surface area contributed by atoms with Gasteiger partial charge in [-0.1, -0.05) is 24.3 Å². The summed E-state index contributed by atoms with van der Waals surface area (Å²) >= 11 is 0. The molecular formula is C11H14O. The summed E-state index contributed by atoms with van der Waals surface area (Å²) in [4.78, 5) is 0. The molecule has 0 aliphatic heterocycles. The van der Waals surface area contributed by atoms with Gasteiger partial charge in [0, 0.05) is 0 Å². The van der Waals surface area contributed by atoms with Crippen LogP contribution in [0.2, 0.25) is 0 Å². The van der Waals surface area contributed by atoms with Crippen LogP contribution in [0, 0.1) is 0 Å². The van der Waals surface area contributed by atoms with Gasteiger partial charge in [-0.3, -0.25) is 0 Å². The second-order valence-corrected chi connectivity index (χ2v) is 3.62. The molecule has 1 heteroatoms. The molecule has 2 rings (SSSR count). The summed E-state index contributed by atoms with van der Waals surface area (Å²) in [6.07, 6.45) is 2.35. The first-order chi connectivity index (χ1) is 5.77. The minimum absolute atomic E-state index is 0.335. The Bertz CT molecular complexity index is 236. The molecule has 1 aromatic rings. The molecular weight excluding hydrogens is 148 g/mol. The highest BCUT2D eigenvalue weighted by Crippen LogP contribution is 2.40. The molecule has 1 nitrogen and oxygen atoms in total. The summed E-state index contributed by atoms with van der Waals surface area (Å²) < 4.78 is 0. The third-order valence-corrected chi connectivity index (χ3v) is 2.47. The van der Waals surface area contributed by atoms with E-state index in [0.717, 1.165) is 11.5 Å². The van der Waals surface area contributed by atoms with Crippen molar-refractivity contribution in [1.82, 2.24) is 0 Å². The fraction of sp³-hybridized carbons (Fsp3) is 0.455. The average Bonchev–Trinajstić information content (AvgIpc) is 2.87. The van der Waals surface area contributed by atoms with E-state index in [1.807, 2.05) is 12.1 Å². The zero-order chi connectivity index (χ0) is 8.55. The monoisotopic (exact) mass is 162 g/mol. The van der Waals surface area contributed by atoms with Crippen LogP contribution in [-0.2, 0) is 0 Å². The molecule has 0 bridgehead atoms. The zero-order valence-corrected chi connectivity index (χ0v) is 7.33. The van der Waals surface area contributed by atoms with Crippen molar-refractivity contribution in [2.45, 2.75) is 31.8 Å². The Hall–Kier alpha value is -0.820. The van der Waals surface area contributed by atoms with E-state index in [1.165, 1.54) is 18.4 Å². The van der Waals surface area contributed by atoms with Crippen molar-refractivity contribution in [3.05, 3.63) is 35.4 Å². The lowest BCUT2D eigenvalue weighted by Gasteiger charge is -2.04. The van der Waals surface area contributed by atoms with E-state index in [2.05, 4.69) is 12.1 Å². The predicted molar refractivity (Wildman–Crippen MR) is 49.1 cm³/mol. The summed E-state index contributed by atoms with van der Waals surface area (Å²) in [5.41, 5.74) is 2.44. The smallest absolute Gasteiger partial charge is 0.0761 e. The van der Waals surface area contributed by atoms with Gasteiger partial charge < -0.3 is 5.11 Å². The second-order valence-electron chi connectivity index (χ2n) is 3.62. The topological polar surface area (TPSA) is 20.2 Å². The lowest BCUT2D eigenvalue weighted by molar-refractivity contribution is 0.199. The Kier molecular flexibility index (Phi) is 1.89. The third kappa shape index (κ3) is 1.51. The van der Waals surface area contributed by atoms with Crippen molar-refractivity contribution < 1.29 is 5.11 Å². The van der Waals surface area contributed by atoms with E-state index in [1.54, 1.807) is 6.92 Å². The molecule has 1 aromatic carbocycles. The molecule has 1 saturated carbocycles. The van der Waals surface area contributed by atoms with E-state index in [0.29, 0.717) is 0 Å². The van der Waals surface area contributed by atoms with E-state index < -0.39 is 0 Å². The van der Waals surface area contributed by atoms with Crippen LogP contribution in [0.25, 0.3) is 0 Å². The number of aliphatic hydroxyl groups excluding tert-OH is 1. The summed E-state index contributed by atoms with van der Waals surface area (Å²) in [5, 5.41) is 9.27. The quantitative estimate of drug-likeness (QED) is 0.708. The van der Waals surface area contributed by atoms with E-state index in [-0.39, 0.29) is 6.10 Å². The minimum atomic E-state index is -0.335. The molecule has 0 aromatic heterocycles. The highest BCUT2D eigenvalue weighted by atomic mass is 16.3. The van der Waals surface area contributed by atoms with Gasteiger partial charge in [-0.05, 0) is 36.8 Å². The number of hydrogen-bond acceptors (Lipinski definition) is 1. The Morgan fingerprint density at radius 3 is 2.25 bits per heavy atom. The lowest BCUT2D eigenvalue weighted by atomic mass is 10.1. The number of rotatable bonds is 2. The van der Waals surface area contributed by atoms with Gasteiger partial charge in [-0.25, -0.2) is 0 Å². The van der Waals surface area contributed by atoms with Gasteiger partial charge in [0.05, 0.1) is 6.10 Å². The van der Waals surface area contributed by atoms with Crippen LogP contribution in [0.5, 0.6) is 0 Å². The molecule has 1 atom stereocenters. The molecule has 0 amide bonds. The van der Waals surface area contributed by atoms with Gasteiger partial charge >= 0.3 is 0 Å². The first kappa shape index (κ1) is 7.81. The average molecular weight is 162 g/mol. The molecule has 0 unspecified atom stereocenters. The molecule has 1 aliphatic rings. The number of aliphatic hydroxyl groups is 1. The largest absolute Gasteiger partial charge is 0.389 e. The van der Waals surface area contributed by atoms with Crippen LogP contribution in [-0.4, -0.2) is 5.11 Å². The first-order valence-electron chi connectivity index (χ1n) is 4.55. The fourth-order valence-corrected chi connectivity index (χ4v) is 1.46. The molecule has 1 fully saturated rings. The van der Waals surface area contributed by atoms with Gasteiger partial charge in [0.25, 0.3) is 0 Å². The van der Waals surface area contributed by atoms with Gasteiger partial charge in [0.1, 0.15) is 0 Å². The summed E-state index contributed by atoms with van der Waals surface area (Å²) in [7, 11) is 0. The Labute approximate surface area is 73.0 Å². The summed E-state index contributed by atoms with van der Waals surface area (Å²) in [6.45, 7) is 1.80. The molecule has 1 N–H and O–H groups in total. The first-order valence-corrected chi connectivity index (χ1v) is 4.55. The van der Waals surface area contributed by atoms with Crippen molar-refractivity contribution in [1.29, 1.82) is 0 Å². The molecule has 1 aliphatic carbocycles. The van der Waals surface area contributed by atoms with Crippen molar-refractivity contribution in [2.75, 3.05) is 0 Å². The number of benzene rings is 1. The van der Waals surface area contributed by atoms with Crippen LogP contribution < -0.4 is 0 Å². The van der Waals surface area contributed by atoms with E-state index >= 15 is 0 Å². The minimum Gasteiger partial charge on any atom is -0.389 e. The molecule has 0 heterocycles. The van der Waals surface area contributed by atoms with Crippen LogP contribution in [0.1, 0.15) is 42.9 Å². The van der Waals surface area contributed by atoms with Gasteiger partial charge in [-0.15, -0.1) is 0 Å². The lowest BCUT2D eigenvalue weighted by Crippen LogP contribution is -1.90. The molecule has 0 spiro atoms. The van der Waals surface area contributed by atoms with Crippen molar-refractivity contribution in [3.8, 4) is 0 Å². The highest BCUT2D eigenvalue weighted by Gasteiger charge is 2.22. The summed E-state index contributed by atoms with van der Waals surface area (Å²) in [5.74, 6) is 0.813. The van der Waals surface area contributed by atoms with E-state index in [9.17, 15) is 5.11 Å². The molecule has 64 valence electrons. The SMILES string of the molecule is C[C@@H](O)c1ccc(C2CC2)cc1. The zero-order valence-electron chi connectivity index (χ0n) is 7.33. The Morgan fingerprint density at radius 2 is 1.83 bits per heavy atom. The highest BCUT2D eigenvalue weighted by molar-refractivity contribution is 5.28. The predicted octanol–water partition coefficient (Wildman–Crippen LogP) is 2.62. The Balaban J connectivity index is 2.18. The van der Waals surface area contributed by atoms with Gasteiger partial charge in [-0.2, -0.15) is 0 Å². The fourth-order valence-electron chi connectivity index (χ4n) is 1.46. The van der Waals surface area contributed by atoms with Gasteiger partial charge in [0.2, 0.25) is 0 Å².